The Morgan fingerprint density at radius 2 is 1.80 bits per heavy atom. The van der Waals surface area contributed by atoms with Crippen molar-refractivity contribution in [3.8, 4) is 5.75 Å². The van der Waals surface area contributed by atoms with Crippen LogP contribution in [0.1, 0.15) is 48.3 Å². The van der Waals surface area contributed by atoms with E-state index in [0.717, 1.165) is 22.2 Å². The van der Waals surface area contributed by atoms with Crippen LogP contribution in [0.4, 0.5) is 23.8 Å². The van der Waals surface area contributed by atoms with E-state index in [0.29, 0.717) is 47.1 Å². The molecular formula is C34H33ClF3N5O6. The summed E-state index contributed by atoms with van der Waals surface area (Å²) in [5.41, 5.74) is 0.673. The lowest BCUT2D eigenvalue weighted by Crippen LogP contribution is -2.37. The molecule has 0 aliphatic heterocycles. The van der Waals surface area contributed by atoms with Crippen LogP contribution in [0, 0.1) is 0 Å². The number of ether oxygens (including phenoxy) is 3. The summed E-state index contributed by atoms with van der Waals surface area (Å²) in [6, 6.07) is 10.8. The van der Waals surface area contributed by atoms with Crippen LogP contribution in [0.2, 0.25) is 5.02 Å². The average molecular weight is 700 g/mol. The van der Waals surface area contributed by atoms with Gasteiger partial charge in [0, 0.05) is 61.0 Å². The summed E-state index contributed by atoms with van der Waals surface area (Å²) in [5.74, 6) is 0.581. The number of pyridine rings is 2. The first-order chi connectivity index (χ1) is 23.2. The third-order valence-corrected chi connectivity index (χ3v) is 7.42. The molecule has 2 aromatic carbocycles. The summed E-state index contributed by atoms with van der Waals surface area (Å²) < 4.78 is 58.3. The van der Waals surface area contributed by atoms with E-state index in [1.165, 1.54) is 24.1 Å². The maximum atomic E-state index is 13.1. The van der Waals surface area contributed by atoms with E-state index in [1.54, 1.807) is 51.5 Å². The van der Waals surface area contributed by atoms with Gasteiger partial charge in [-0.05, 0) is 56.7 Å². The number of oxazole rings is 1. The molecule has 11 nitrogen and oxygen atoms in total. The lowest BCUT2D eigenvalue weighted by Gasteiger charge is -2.27. The van der Waals surface area contributed by atoms with E-state index in [-0.39, 0.29) is 24.5 Å². The Balaban J connectivity index is 1.25. The first kappa shape index (κ1) is 35.2. The Labute approximate surface area is 284 Å². The van der Waals surface area contributed by atoms with Crippen LogP contribution in [0.25, 0.3) is 21.7 Å². The van der Waals surface area contributed by atoms with Gasteiger partial charge < -0.3 is 28.8 Å². The van der Waals surface area contributed by atoms with Crippen molar-refractivity contribution in [3.63, 3.8) is 0 Å². The molecule has 258 valence electrons. The Bertz CT molecular complexity index is 1980. The first-order valence-electron chi connectivity index (χ1n) is 15.1. The zero-order valence-corrected chi connectivity index (χ0v) is 27.8. The maximum Gasteiger partial charge on any atom is 0.573 e. The van der Waals surface area contributed by atoms with Gasteiger partial charge in [0.05, 0.1) is 29.4 Å². The lowest BCUT2D eigenvalue weighted by atomic mass is 10.1. The Morgan fingerprint density at radius 3 is 2.51 bits per heavy atom. The minimum Gasteiger partial charge on any atom is -0.465 e. The number of rotatable bonds is 11. The molecule has 5 aromatic rings. The molecule has 3 heterocycles. The fourth-order valence-electron chi connectivity index (χ4n) is 4.97. The van der Waals surface area contributed by atoms with E-state index in [1.807, 2.05) is 12.1 Å². The molecule has 0 radical (unpaired) electrons. The molecule has 15 heteroatoms. The second-order valence-electron chi connectivity index (χ2n) is 12.0. The average Bonchev–Trinajstić information content (AvgIpc) is 3.49. The van der Waals surface area contributed by atoms with E-state index in [9.17, 15) is 22.8 Å². The van der Waals surface area contributed by atoms with Crippen LogP contribution in [-0.4, -0.2) is 64.1 Å². The normalized spacial score (nSPS) is 11.8. The number of hydrogen-bond donors (Lipinski definition) is 1. The highest BCUT2D eigenvalue weighted by Gasteiger charge is 2.32. The zero-order valence-electron chi connectivity index (χ0n) is 27.1. The number of carbonyl (C=O) groups is 2. The Morgan fingerprint density at radius 1 is 1.00 bits per heavy atom. The fourth-order valence-corrected chi connectivity index (χ4v) is 5.22. The number of nitrogens with zero attached hydrogens (tertiary/aromatic N) is 4. The molecule has 0 fully saturated rings. The van der Waals surface area contributed by atoms with Crippen molar-refractivity contribution in [2.45, 2.75) is 52.1 Å². The quantitative estimate of drug-likeness (QED) is 0.108. The van der Waals surface area contributed by atoms with Gasteiger partial charge in [-0.2, -0.15) is 0 Å². The van der Waals surface area contributed by atoms with E-state index in [4.69, 9.17) is 30.5 Å². The summed E-state index contributed by atoms with van der Waals surface area (Å²) >= 11 is 6.03. The number of carbonyl (C=O) groups excluding carboxylic acids is 2. The summed E-state index contributed by atoms with van der Waals surface area (Å²) in [4.78, 5) is 39.9. The van der Waals surface area contributed by atoms with Crippen LogP contribution in [0.15, 0.2) is 65.5 Å². The van der Waals surface area contributed by atoms with Crippen molar-refractivity contribution in [1.29, 1.82) is 0 Å². The summed E-state index contributed by atoms with van der Waals surface area (Å²) in [7, 11) is 1.32. The largest absolute Gasteiger partial charge is 0.573 e. The molecule has 5 rings (SSSR count). The predicted octanol–water partition coefficient (Wildman–Crippen LogP) is 7.74. The van der Waals surface area contributed by atoms with Gasteiger partial charge in [-0.1, -0.05) is 23.7 Å². The monoisotopic (exact) mass is 699 g/mol. The number of alkyl halides is 3. The second kappa shape index (κ2) is 14.6. The lowest BCUT2D eigenvalue weighted by molar-refractivity contribution is -0.274. The van der Waals surface area contributed by atoms with Crippen LogP contribution >= 0.6 is 11.6 Å². The summed E-state index contributed by atoms with van der Waals surface area (Å²) in [6.45, 7) is 5.76. The highest BCUT2D eigenvalue weighted by Crippen LogP contribution is 2.32. The molecule has 49 heavy (non-hydrogen) atoms. The molecule has 0 unspecified atom stereocenters. The third kappa shape index (κ3) is 9.28. The third-order valence-electron chi connectivity index (χ3n) is 7.13. The minimum atomic E-state index is -4.89. The molecule has 0 saturated heterocycles. The smallest absolute Gasteiger partial charge is 0.465 e. The minimum absolute atomic E-state index is 0.00176. The molecule has 1 N–H and O–H groups in total. The maximum absolute atomic E-state index is 13.1. The molecule has 0 aliphatic rings. The van der Waals surface area contributed by atoms with Gasteiger partial charge in [0.25, 0.3) is 0 Å². The van der Waals surface area contributed by atoms with Gasteiger partial charge in [-0.25, -0.2) is 19.6 Å². The number of hydrogen-bond acceptors (Lipinski definition) is 10. The predicted molar refractivity (Wildman–Crippen MR) is 176 cm³/mol. The molecule has 3 aromatic heterocycles. The van der Waals surface area contributed by atoms with Gasteiger partial charge in [0.15, 0.2) is 5.89 Å². The van der Waals surface area contributed by atoms with Crippen LogP contribution < -0.4 is 10.1 Å². The highest BCUT2D eigenvalue weighted by molar-refractivity contribution is 6.32. The Hall–Kier alpha value is -5.11. The Kier molecular flexibility index (Phi) is 10.5. The molecule has 0 saturated carbocycles. The molecular weight excluding hydrogens is 667 g/mol. The molecule has 1 amide bonds. The SMILES string of the molecule is COC(=O)c1ccc2c(c1)nc(NCCc1cnc(CCN(Cc3ccc(OC(F)(F)F)c(Cl)c3)C(=O)OC(C)(C)C)o1)c1ccncc12. The van der Waals surface area contributed by atoms with Crippen molar-refractivity contribution in [2.75, 3.05) is 25.5 Å². The van der Waals surface area contributed by atoms with Crippen molar-refractivity contribution >= 4 is 51.2 Å². The van der Waals surface area contributed by atoms with Gasteiger partial charge in [0.1, 0.15) is 22.9 Å². The number of benzene rings is 2. The second-order valence-corrected chi connectivity index (χ2v) is 12.4. The standard InChI is InChI=1S/C34H33ClF3N5O6/c1-33(2,3)49-32(45)43(19-20-5-8-28(26(35)15-20)48-34(36,37)38)14-11-29-41-17-22(47-29)9-13-40-30-24-10-12-39-18-25(24)23-7-6-21(31(44)46-4)16-27(23)42-30/h5-8,10,12,15-18H,9,11,13-14,19H2,1-4H3,(H,40,42). The number of methoxy groups -OCH3 is 1. The fraction of sp³-hybridized carbons (Fsp3) is 0.324. The molecule has 0 spiro atoms. The molecule has 0 atom stereocenters. The van der Waals surface area contributed by atoms with E-state index in [2.05, 4.69) is 20.0 Å². The number of esters is 1. The number of nitrogens with one attached hydrogen (secondary N) is 1. The van der Waals surface area contributed by atoms with E-state index >= 15 is 0 Å². The van der Waals surface area contributed by atoms with Gasteiger partial charge in [0.2, 0.25) is 0 Å². The number of halogens is 4. The first-order valence-corrected chi connectivity index (χ1v) is 15.5. The van der Waals surface area contributed by atoms with Crippen molar-refractivity contribution in [1.82, 2.24) is 19.9 Å². The van der Waals surface area contributed by atoms with Crippen molar-refractivity contribution < 1.29 is 41.4 Å². The summed E-state index contributed by atoms with van der Waals surface area (Å²) in [5, 5.41) is 5.66. The zero-order chi connectivity index (χ0) is 35.3. The number of amides is 1. The van der Waals surface area contributed by atoms with E-state index < -0.39 is 29.8 Å². The van der Waals surface area contributed by atoms with Gasteiger partial charge in [-0.3, -0.25) is 4.98 Å². The van der Waals surface area contributed by atoms with Crippen LogP contribution in [0.3, 0.4) is 0 Å². The number of fused-ring (bicyclic) bond motifs is 3. The summed E-state index contributed by atoms with van der Waals surface area (Å²) in [6.07, 6.45) is 0.210. The van der Waals surface area contributed by atoms with Gasteiger partial charge in [-0.15, -0.1) is 13.2 Å². The van der Waals surface area contributed by atoms with Crippen molar-refractivity contribution in [2.24, 2.45) is 0 Å². The number of aromatic nitrogens is 3. The van der Waals surface area contributed by atoms with Crippen molar-refractivity contribution in [3.05, 3.63) is 88.9 Å². The number of anilines is 1. The van der Waals surface area contributed by atoms with Gasteiger partial charge >= 0.3 is 18.4 Å². The molecule has 0 aliphatic carbocycles. The highest BCUT2D eigenvalue weighted by atomic mass is 35.5. The van der Waals surface area contributed by atoms with Crippen LogP contribution in [-0.2, 0) is 28.9 Å². The molecule has 0 bridgehead atoms. The topological polar surface area (TPSA) is 129 Å². The van der Waals surface area contributed by atoms with Crippen LogP contribution in [0.5, 0.6) is 5.75 Å².